The number of carbonyl (C=O) groups is 1. The first-order chi connectivity index (χ1) is 8.53. The lowest BCUT2D eigenvalue weighted by atomic mass is 9.94. The zero-order chi connectivity index (χ0) is 13.6. The van der Waals surface area contributed by atoms with Crippen molar-refractivity contribution in [2.45, 2.75) is 52.0 Å². The van der Waals surface area contributed by atoms with Crippen LogP contribution in [0, 0.1) is 11.8 Å². The summed E-state index contributed by atoms with van der Waals surface area (Å²) >= 11 is 0. The van der Waals surface area contributed by atoms with Gasteiger partial charge in [-0.05, 0) is 44.1 Å². The van der Waals surface area contributed by atoms with Gasteiger partial charge >= 0.3 is 5.97 Å². The maximum absolute atomic E-state index is 11.6. The Morgan fingerprint density at radius 2 is 2.17 bits per heavy atom. The summed E-state index contributed by atoms with van der Waals surface area (Å²) < 4.78 is 5.63. The van der Waals surface area contributed by atoms with Crippen LogP contribution in [0.4, 0.5) is 0 Å². The lowest BCUT2D eigenvalue weighted by Crippen LogP contribution is -2.57. The molecule has 0 aromatic carbocycles. The van der Waals surface area contributed by atoms with E-state index in [9.17, 15) is 9.90 Å². The normalized spacial score (nSPS) is 18.9. The molecule has 0 heterocycles. The number of carboxylic acids is 1. The average Bonchev–Trinajstić information content (AvgIpc) is 3.12. The fraction of sp³-hybridized carbons (Fsp3) is 0.929. The third kappa shape index (κ3) is 4.25. The van der Waals surface area contributed by atoms with Crippen molar-refractivity contribution in [2.75, 3.05) is 19.8 Å². The number of rotatable bonds is 10. The molecule has 1 unspecified atom stereocenters. The van der Waals surface area contributed by atoms with Gasteiger partial charge < -0.3 is 9.84 Å². The highest BCUT2D eigenvalue weighted by Crippen LogP contribution is 2.40. The summed E-state index contributed by atoms with van der Waals surface area (Å²) in [7, 11) is 0. The van der Waals surface area contributed by atoms with Crippen LogP contribution in [0.1, 0.15) is 46.5 Å². The topological polar surface area (TPSA) is 58.6 Å². The van der Waals surface area contributed by atoms with E-state index in [1.807, 2.05) is 6.92 Å². The molecule has 4 heteroatoms. The number of hydrogen-bond acceptors (Lipinski definition) is 3. The van der Waals surface area contributed by atoms with Gasteiger partial charge in [-0.1, -0.05) is 20.8 Å². The largest absolute Gasteiger partial charge is 0.480 e. The van der Waals surface area contributed by atoms with Gasteiger partial charge in [-0.15, -0.1) is 0 Å². The van der Waals surface area contributed by atoms with Gasteiger partial charge in [0.1, 0.15) is 5.54 Å². The number of hydrogen-bond donors (Lipinski definition) is 2. The molecule has 0 saturated heterocycles. The minimum atomic E-state index is -0.854. The standard InChI is InChI=1S/C14H27NO3/c1-4-8-15-14(13(16)17,12-5-6-12)10-18-9-7-11(2)3/h11-12,15H,4-10H2,1-3H3,(H,16,17). The summed E-state index contributed by atoms with van der Waals surface area (Å²) in [6.45, 7) is 8.00. The van der Waals surface area contributed by atoms with Crippen molar-refractivity contribution in [2.24, 2.45) is 11.8 Å². The van der Waals surface area contributed by atoms with Gasteiger partial charge in [-0.3, -0.25) is 10.1 Å². The summed E-state index contributed by atoms with van der Waals surface area (Å²) in [4.78, 5) is 11.6. The molecule has 1 aliphatic carbocycles. The monoisotopic (exact) mass is 257 g/mol. The van der Waals surface area contributed by atoms with Crippen molar-refractivity contribution in [3.8, 4) is 0 Å². The van der Waals surface area contributed by atoms with Crippen LogP contribution >= 0.6 is 0 Å². The average molecular weight is 257 g/mol. The lowest BCUT2D eigenvalue weighted by Gasteiger charge is -2.30. The first-order valence-corrected chi connectivity index (χ1v) is 7.09. The Balaban J connectivity index is 2.50. The Labute approximate surface area is 110 Å². The smallest absolute Gasteiger partial charge is 0.326 e. The predicted octanol–water partition coefficient (Wildman–Crippen LogP) is 2.28. The number of nitrogens with one attached hydrogen (secondary N) is 1. The van der Waals surface area contributed by atoms with Crippen molar-refractivity contribution < 1.29 is 14.6 Å². The van der Waals surface area contributed by atoms with Gasteiger partial charge in [0.25, 0.3) is 0 Å². The van der Waals surface area contributed by atoms with E-state index in [0.29, 0.717) is 19.1 Å². The highest BCUT2D eigenvalue weighted by Gasteiger charge is 2.51. The molecule has 4 nitrogen and oxygen atoms in total. The third-order valence-corrected chi connectivity index (χ3v) is 3.52. The highest BCUT2D eigenvalue weighted by atomic mass is 16.5. The Bertz CT molecular complexity index is 264. The van der Waals surface area contributed by atoms with Crippen LogP contribution < -0.4 is 5.32 Å². The highest BCUT2D eigenvalue weighted by molar-refractivity contribution is 5.80. The van der Waals surface area contributed by atoms with Crippen LogP contribution in [0.5, 0.6) is 0 Å². The van der Waals surface area contributed by atoms with Gasteiger partial charge in [0, 0.05) is 6.61 Å². The molecule has 0 aliphatic heterocycles. The SMILES string of the molecule is CCCNC(COCCC(C)C)(C(=O)O)C1CC1. The molecule has 0 radical (unpaired) electrons. The Morgan fingerprint density at radius 3 is 2.61 bits per heavy atom. The molecule has 0 aromatic heterocycles. The maximum Gasteiger partial charge on any atom is 0.326 e. The van der Waals surface area contributed by atoms with Crippen molar-refractivity contribution in [1.82, 2.24) is 5.32 Å². The van der Waals surface area contributed by atoms with Gasteiger partial charge in [0.2, 0.25) is 0 Å². The molecule has 0 aromatic rings. The number of ether oxygens (including phenoxy) is 1. The molecule has 18 heavy (non-hydrogen) atoms. The second-order valence-corrected chi connectivity index (χ2v) is 5.71. The molecule has 0 spiro atoms. The maximum atomic E-state index is 11.6. The number of aliphatic carboxylic acids is 1. The van der Waals surface area contributed by atoms with Gasteiger partial charge in [-0.25, -0.2) is 0 Å². The first-order valence-electron chi connectivity index (χ1n) is 7.09. The van der Waals surface area contributed by atoms with E-state index >= 15 is 0 Å². The molecule has 1 aliphatic rings. The van der Waals surface area contributed by atoms with Crippen molar-refractivity contribution in [3.63, 3.8) is 0 Å². The molecular formula is C14H27NO3. The van der Waals surface area contributed by atoms with Crippen LogP contribution in [0.2, 0.25) is 0 Å². The molecule has 0 bridgehead atoms. The quantitative estimate of drug-likeness (QED) is 0.589. The Kier molecular flexibility index (Phi) is 6.09. The van der Waals surface area contributed by atoms with Gasteiger partial charge in [-0.2, -0.15) is 0 Å². The zero-order valence-corrected chi connectivity index (χ0v) is 11.9. The van der Waals surface area contributed by atoms with E-state index in [1.165, 1.54) is 0 Å². The van der Waals surface area contributed by atoms with Crippen molar-refractivity contribution >= 4 is 5.97 Å². The summed E-state index contributed by atoms with van der Waals surface area (Å²) in [5.74, 6) is 0.0670. The molecule has 0 amide bonds. The molecule has 106 valence electrons. The van der Waals surface area contributed by atoms with Crippen molar-refractivity contribution in [3.05, 3.63) is 0 Å². The van der Waals surface area contributed by atoms with Crippen LogP contribution in [0.15, 0.2) is 0 Å². The predicted molar refractivity (Wildman–Crippen MR) is 71.7 cm³/mol. The molecule has 1 atom stereocenters. The fourth-order valence-corrected chi connectivity index (χ4v) is 2.10. The molecular weight excluding hydrogens is 230 g/mol. The molecule has 1 fully saturated rings. The Morgan fingerprint density at radius 1 is 1.50 bits per heavy atom. The zero-order valence-electron chi connectivity index (χ0n) is 11.9. The van der Waals surface area contributed by atoms with Crippen LogP contribution in [-0.2, 0) is 9.53 Å². The molecule has 2 N–H and O–H groups in total. The summed E-state index contributed by atoms with van der Waals surface area (Å²) in [5.41, 5.74) is -0.854. The van der Waals surface area contributed by atoms with E-state index in [2.05, 4.69) is 19.2 Å². The summed E-state index contributed by atoms with van der Waals surface area (Å²) in [5, 5.41) is 12.7. The molecule has 1 saturated carbocycles. The lowest BCUT2D eigenvalue weighted by molar-refractivity contribution is -0.149. The minimum absolute atomic E-state index is 0.237. The van der Waals surface area contributed by atoms with E-state index in [0.717, 1.165) is 32.2 Å². The second kappa shape index (κ2) is 7.10. The van der Waals surface area contributed by atoms with E-state index in [-0.39, 0.29) is 5.92 Å². The van der Waals surface area contributed by atoms with Gasteiger partial charge in [0.05, 0.1) is 6.61 Å². The van der Waals surface area contributed by atoms with Gasteiger partial charge in [0.15, 0.2) is 0 Å². The van der Waals surface area contributed by atoms with E-state index in [1.54, 1.807) is 0 Å². The third-order valence-electron chi connectivity index (χ3n) is 3.52. The van der Waals surface area contributed by atoms with E-state index in [4.69, 9.17) is 4.74 Å². The first kappa shape index (κ1) is 15.4. The van der Waals surface area contributed by atoms with Crippen LogP contribution in [0.25, 0.3) is 0 Å². The summed E-state index contributed by atoms with van der Waals surface area (Å²) in [6.07, 6.45) is 3.91. The van der Waals surface area contributed by atoms with E-state index < -0.39 is 11.5 Å². The second-order valence-electron chi connectivity index (χ2n) is 5.71. The number of carboxylic acid groups (broad SMARTS) is 1. The molecule has 1 rings (SSSR count). The fourth-order valence-electron chi connectivity index (χ4n) is 2.10. The minimum Gasteiger partial charge on any atom is -0.480 e. The van der Waals surface area contributed by atoms with Crippen LogP contribution in [-0.4, -0.2) is 36.4 Å². The van der Waals surface area contributed by atoms with Crippen LogP contribution in [0.3, 0.4) is 0 Å². The summed E-state index contributed by atoms with van der Waals surface area (Å²) in [6, 6.07) is 0. The van der Waals surface area contributed by atoms with Crippen molar-refractivity contribution in [1.29, 1.82) is 0 Å². The Hall–Kier alpha value is -0.610.